The summed E-state index contributed by atoms with van der Waals surface area (Å²) in [6, 6.07) is 18.1. The molecule has 0 radical (unpaired) electrons. The van der Waals surface area contributed by atoms with Gasteiger partial charge in [-0.3, -0.25) is 4.79 Å². The third-order valence-corrected chi connectivity index (χ3v) is 6.08. The van der Waals surface area contributed by atoms with E-state index in [4.69, 9.17) is 4.99 Å². The lowest BCUT2D eigenvalue weighted by Crippen LogP contribution is -3.12. The van der Waals surface area contributed by atoms with E-state index in [0.717, 1.165) is 42.7 Å². The van der Waals surface area contributed by atoms with Crippen LogP contribution in [0.15, 0.2) is 59.6 Å². The van der Waals surface area contributed by atoms with Gasteiger partial charge >= 0.3 is 0 Å². The first kappa shape index (κ1) is 21.4. The molecule has 1 heterocycles. The third kappa shape index (κ3) is 6.61. The number of anilines is 1. The Labute approximate surface area is 178 Å². The first-order valence-corrected chi connectivity index (χ1v) is 11.2. The molecule has 1 saturated heterocycles. The minimum absolute atomic E-state index is 0.00666. The molecule has 2 aromatic rings. The Kier molecular flexibility index (Phi) is 7.72. The predicted molar refractivity (Wildman–Crippen MR) is 123 cm³/mol. The zero-order valence-electron chi connectivity index (χ0n) is 17.5. The zero-order chi connectivity index (χ0) is 20.6. The summed E-state index contributed by atoms with van der Waals surface area (Å²) in [7, 11) is 2.22. The van der Waals surface area contributed by atoms with Crippen LogP contribution in [0.4, 0.5) is 11.4 Å². The van der Waals surface area contributed by atoms with Gasteiger partial charge in [0, 0.05) is 5.69 Å². The van der Waals surface area contributed by atoms with Crippen LogP contribution in [-0.4, -0.2) is 55.0 Å². The van der Waals surface area contributed by atoms with Gasteiger partial charge < -0.3 is 15.1 Å². The number of hydrogen-bond donors (Lipinski definition) is 2. The SMILES string of the molecule is CC(C)c1ccc(NC(=O)CSC(=Nc2ccccc2)N2CC[NH+](C)CC2)cc1. The molecule has 1 amide bonds. The van der Waals surface area contributed by atoms with E-state index in [1.165, 1.54) is 22.2 Å². The van der Waals surface area contributed by atoms with E-state index in [1.807, 2.05) is 42.5 Å². The van der Waals surface area contributed by atoms with Gasteiger partial charge in [0.25, 0.3) is 0 Å². The largest absolute Gasteiger partial charge is 0.340 e. The van der Waals surface area contributed by atoms with E-state index in [0.29, 0.717) is 11.7 Å². The summed E-state index contributed by atoms with van der Waals surface area (Å²) in [5, 5.41) is 3.92. The molecule has 2 aromatic carbocycles. The van der Waals surface area contributed by atoms with E-state index in [9.17, 15) is 4.79 Å². The molecule has 154 valence electrons. The highest BCUT2D eigenvalue weighted by atomic mass is 32.2. The number of likely N-dealkylation sites (N-methyl/N-ethyl adjacent to an activating group) is 1. The molecule has 1 aliphatic heterocycles. The predicted octanol–water partition coefficient (Wildman–Crippen LogP) is 3.00. The number of benzene rings is 2. The van der Waals surface area contributed by atoms with Crippen molar-refractivity contribution in [2.75, 3.05) is 44.3 Å². The van der Waals surface area contributed by atoms with Gasteiger partial charge in [0.15, 0.2) is 5.17 Å². The first-order valence-electron chi connectivity index (χ1n) is 10.2. The molecule has 0 unspecified atom stereocenters. The van der Waals surface area contributed by atoms with Gasteiger partial charge in [0.2, 0.25) is 5.91 Å². The van der Waals surface area contributed by atoms with Crippen molar-refractivity contribution in [3.05, 3.63) is 60.2 Å². The maximum Gasteiger partial charge on any atom is 0.234 e. The number of nitrogens with zero attached hydrogens (tertiary/aromatic N) is 2. The van der Waals surface area contributed by atoms with Gasteiger partial charge in [-0.2, -0.15) is 0 Å². The summed E-state index contributed by atoms with van der Waals surface area (Å²) in [5.74, 6) is 0.821. The van der Waals surface area contributed by atoms with Crippen molar-refractivity contribution >= 4 is 34.2 Å². The van der Waals surface area contributed by atoms with Crippen LogP contribution < -0.4 is 10.2 Å². The van der Waals surface area contributed by atoms with Gasteiger partial charge in [-0.25, -0.2) is 4.99 Å². The zero-order valence-corrected chi connectivity index (χ0v) is 18.3. The maximum atomic E-state index is 12.5. The Morgan fingerprint density at radius 2 is 1.76 bits per heavy atom. The van der Waals surface area contributed by atoms with Crippen LogP contribution in [-0.2, 0) is 4.79 Å². The van der Waals surface area contributed by atoms with Gasteiger partial charge in [-0.05, 0) is 35.7 Å². The van der Waals surface area contributed by atoms with E-state index in [2.05, 4.69) is 43.2 Å². The number of piperazine rings is 1. The molecule has 1 fully saturated rings. The van der Waals surface area contributed by atoms with Crippen LogP contribution in [0.3, 0.4) is 0 Å². The number of rotatable bonds is 5. The summed E-state index contributed by atoms with van der Waals surface area (Å²) < 4.78 is 0. The summed E-state index contributed by atoms with van der Waals surface area (Å²) in [5.41, 5.74) is 3.03. The fourth-order valence-electron chi connectivity index (χ4n) is 3.17. The van der Waals surface area contributed by atoms with Gasteiger partial charge in [-0.1, -0.05) is 55.9 Å². The molecule has 1 aliphatic rings. The molecule has 3 rings (SSSR count). The monoisotopic (exact) mass is 411 g/mol. The standard InChI is InChI=1S/C23H30N4OS/c1-18(2)19-9-11-21(12-10-19)24-22(28)17-29-23(25-20-7-5-4-6-8-20)27-15-13-26(3)14-16-27/h4-12,18H,13-17H2,1-3H3,(H,24,28)/p+1. The Bertz CT molecular complexity index is 813. The van der Waals surface area contributed by atoms with Crippen molar-refractivity contribution in [2.45, 2.75) is 19.8 Å². The number of amidine groups is 1. The number of carbonyl (C=O) groups excluding carboxylic acids is 1. The molecule has 0 spiro atoms. The van der Waals surface area contributed by atoms with Crippen LogP contribution >= 0.6 is 11.8 Å². The molecule has 29 heavy (non-hydrogen) atoms. The Morgan fingerprint density at radius 3 is 2.38 bits per heavy atom. The summed E-state index contributed by atoms with van der Waals surface area (Å²) in [6.07, 6.45) is 0. The fourth-order valence-corrected chi connectivity index (χ4v) is 4.03. The molecule has 6 heteroatoms. The van der Waals surface area contributed by atoms with Crippen molar-refractivity contribution in [2.24, 2.45) is 4.99 Å². The lowest BCUT2D eigenvalue weighted by Gasteiger charge is -2.32. The number of quaternary nitrogens is 1. The fraction of sp³-hybridized carbons (Fsp3) is 0.391. The lowest BCUT2D eigenvalue weighted by atomic mass is 10.0. The maximum absolute atomic E-state index is 12.5. The average Bonchev–Trinajstić information content (AvgIpc) is 2.73. The lowest BCUT2D eigenvalue weighted by molar-refractivity contribution is -0.883. The minimum atomic E-state index is -0.00666. The molecule has 0 aromatic heterocycles. The molecule has 2 N–H and O–H groups in total. The van der Waals surface area contributed by atoms with Crippen LogP contribution in [0.1, 0.15) is 25.3 Å². The number of aliphatic imine (C=N–C) groups is 1. The molecule has 0 atom stereocenters. The smallest absolute Gasteiger partial charge is 0.234 e. The molecule has 0 aliphatic carbocycles. The second-order valence-electron chi connectivity index (χ2n) is 7.79. The Hall–Kier alpha value is -2.31. The normalized spacial score (nSPS) is 15.6. The van der Waals surface area contributed by atoms with Crippen LogP contribution in [0.5, 0.6) is 0 Å². The minimum Gasteiger partial charge on any atom is -0.340 e. The Balaban J connectivity index is 1.63. The Morgan fingerprint density at radius 1 is 1.10 bits per heavy atom. The highest BCUT2D eigenvalue weighted by Crippen LogP contribution is 2.20. The molecule has 0 bridgehead atoms. The van der Waals surface area contributed by atoms with Crippen molar-refractivity contribution < 1.29 is 9.69 Å². The van der Waals surface area contributed by atoms with Crippen molar-refractivity contribution in [1.29, 1.82) is 0 Å². The molecule has 5 nitrogen and oxygen atoms in total. The number of carbonyl (C=O) groups is 1. The second kappa shape index (κ2) is 10.5. The van der Waals surface area contributed by atoms with E-state index in [-0.39, 0.29) is 5.91 Å². The average molecular weight is 412 g/mol. The van der Waals surface area contributed by atoms with Crippen LogP contribution in [0, 0.1) is 0 Å². The summed E-state index contributed by atoms with van der Waals surface area (Å²) in [4.78, 5) is 21.2. The van der Waals surface area contributed by atoms with Crippen molar-refractivity contribution in [1.82, 2.24) is 4.90 Å². The second-order valence-corrected chi connectivity index (χ2v) is 8.73. The highest BCUT2D eigenvalue weighted by Gasteiger charge is 2.21. The molecular weight excluding hydrogens is 380 g/mol. The van der Waals surface area contributed by atoms with Gasteiger partial charge in [-0.15, -0.1) is 0 Å². The van der Waals surface area contributed by atoms with Crippen LogP contribution in [0.25, 0.3) is 0 Å². The molecular formula is C23H31N4OS+. The summed E-state index contributed by atoms with van der Waals surface area (Å²) in [6.45, 7) is 8.42. The van der Waals surface area contributed by atoms with E-state index < -0.39 is 0 Å². The number of amides is 1. The summed E-state index contributed by atoms with van der Waals surface area (Å²) >= 11 is 1.51. The van der Waals surface area contributed by atoms with Gasteiger partial charge in [0.1, 0.15) is 0 Å². The quantitative estimate of drug-likeness (QED) is 0.587. The van der Waals surface area contributed by atoms with E-state index >= 15 is 0 Å². The van der Waals surface area contributed by atoms with Gasteiger partial charge in [0.05, 0.1) is 44.7 Å². The molecule has 0 saturated carbocycles. The van der Waals surface area contributed by atoms with Crippen molar-refractivity contribution in [3.63, 3.8) is 0 Å². The number of thioether (sulfide) groups is 1. The number of hydrogen-bond acceptors (Lipinski definition) is 3. The van der Waals surface area contributed by atoms with Crippen molar-refractivity contribution in [3.8, 4) is 0 Å². The van der Waals surface area contributed by atoms with Crippen LogP contribution in [0.2, 0.25) is 0 Å². The number of nitrogens with one attached hydrogen (secondary N) is 2. The van der Waals surface area contributed by atoms with E-state index in [1.54, 1.807) is 0 Å². The first-order chi connectivity index (χ1) is 14.0. The number of para-hydroxylation sites is 1. The third-order valence-electron chi connectivity index (χ3n) is 5.06. The topological polar surface area (TPSA) is 49.1 Å². The highest BCUT2D eigenvalue weighted by molar-refractivity contribution is 8.14.